The Morgan fingerprint density at radius 3 is 2.59 bits per heavy atom. The highest BCUT2D eigenvalue weighted by molar-refractivity contribution is 9.10. The third-order valence-electron chi connectivity index (χ3n) is 2.22. The number of nitrogens with zero attached hydrogens (tertiary/aromatic N) is 1. The quantitative estimate of drug-likeness (QED) is 0.867. The van der Waals surface area contributed by atoms with Gasteiger partial charge >= 0.3 is 0 Å². The van der Waals surface area contributed by atoms with Crippen LogP contribution < -0.4 is 5.32 Å². The summed E-state index contributed by atoms with van der Waals surface area (Å²) < 4.78 is -0.551. The molecule has 0 aliphatic rings. The SMILES string of the molecule is CN(C)Cc1cccc(NC(=O)C(C)(C)Br)c1. The van der Waals surface area contributed by atoms with Gasteiger partial charge in [-0.15, -0.1) is 0 Å². The van der Waals surface area contributed by atoms with Crippen LogP contribution in [-0.2, 0) is 11.3 Å². The molecule has 0 aliphatic carbocycles. The van der Waals surface area contributed by atoms with Gasteiger partial charge in [-0.05, 0) is 45.6 Å². The maximum Gasteiger partial charge on any atom is 0.240 e. The summed E-state index contributed by atoms with van der Waals surface area (Å²) in [6, 6.07) is 7.90. The second kappa shape index (κ2) is 5.65. The van der Waals surface area contributed by atoms with E-state index in [4.69, 9.17) is 0 Å². The number of halogens is 1. The molecule has 0 unspecified atom stereocenters. The van der Waals surface area contributed by atoms with E-state index in [-0.39, 0.29) is 5.91 Å². The lowest BCUT2D eigenvalue weighted by Gasteiger charge is -2.17. The normalized spacial score (nSPS) is 11.6. The van der Waals surface area contributed by atoms with Gasteiger partial charge in [0, 0.05) is 12.2 Å². The van der Waals surface area contributed by atoms with Crippen LogP contribution >= 0.6 is 15.9 Å². The van der Waals surface area contributed by atoms with Crippen LogP contribution in [0.4, 0.5) is 5.69 Å². The Kier molecular flexibility index (Phi) is 4.71. The van der Waals surface area contributed by atoms with E-state index in [1.165, 1.54) is 5.56 Å². The van der Waals surface area contributed by atoms with E-state index in [0.29, 0.717) is 0 Å². The number of hydrogen-bond acceptors (Lipinski definition) is 2. The van der Waals surface area contributed by atoms with Crippen LogP contribution in [0.2, 0.25) is 0 Å². The van der Waals surface area contributed by atoms with Gasteiger partial charge in [-0.3, -0.25) is 4.79 Å². The summed E-state index contributed by atoms with van der Waals surface area (Å²) in [5, 5.41) is 2.89. The zero-order chi connectivity index (χ0) is 13.1. The molecule has 3 nitrogen and oxygen atoms in total. The van der Waals surface area contributed by atoms with Gasteiger partial charge in [0.1, 0.15) is 0 Å². The Hall–Kier alpha value is -0.870. The zero-order valence-corrected chi connectivity index (χ0v) is 12.3. The zero-order valence-electron chi connectivity index (χ0n) is 10.7. The first-order chi connectivity index (χ1) is 7.79. The Morgan fingerprint density at radius 1 is 1.41 bits per heavy atom. The summed E-state index contributed by atoms with van der Waals surface area (Å²) >= 11 is 3.34. The average Bonchev–Trinajstić information content (AvgIpc) is 2.15. The fourth-order valence-corrected chi connectivity index (χ4v) is 1.49. The van der Waals surface area contributed by atoms with Crippen LogP contribution in [0.15, 0.2) is 24.3 Å². The smallest absolute Gasteiger partial charge is 0.240 e. The van der Waals surface area contributed by atoms with Crippen molar-refractivity contribution in [1.29, 1.82) is 0 Å². The van der Waals surface area contributed by atoms with Crippen molar-refractivity contribution in [3.63, 3.8) is 0 Å². The first-order valence-corrected chi connectivity index (χ1v) is 6.32. The number of alkyl halides is 1. The van der Waals surface area contributed by atoms with Crippen LogP contribution in [0.5, 0.6) is 0 Å². The number of rotatable bonds is 4. The van der Waals surface area contributed by atoms with Gasteiger partial charge < -0.3 is 10.2 Å². The molecule has 4 heteroatoms. The van der Waals surface area contributed by atoms with Crippen LogP contribution in [0.25, 0.3) is 0 Å². The average molecular weight is 299 g/mol. The predicted octanol–water partition coefficient (Wildman–Crippen LogP) is 2.86. The topological polar surface area (TPSA) is 32.3 Å². The Balaban J connectivity index is 2.76. The second-order valence-corrected chi connectivity index (χ2v) is 6.85. The number of benzene rings is 1. The van der Waals surface area contributed by atoms with Crippen molar-refractivity contribution in [3.05, 3.63) is 29.8 Å². The van der Waals surface area contributed by atoms with Crippen molar-refractivity contribution < 1.29 is 4.79 Å². The summed E-state index contributed by atoms with van der Waals surface area (Å²) in [4.78, 5) is 13.9. The maximum absolute atomic E-state index is 11.8. The van der Waals surface area contributed by atoms with Gasteiger partial charge in [-0.2, -0.15) is 0 Å². The molecule has 0 radical (unpaired) electrons. The third-order valence-corrected chi connectivity index (χ3v) is 2.58. The summed E-state index contributed by atoms with van der Waals surface area (Å²) in [5.74, 6) is -0.0421. The molecule has 17 heavy (non-hydrogen) atoms. The highest BCUT2D eigenvalue weighted by Gasteiger charge is 2.23. The molecule has 1 aromatic carbocycles. The maximum atomic E-state index is 11.8. The van der Waals surface area contributed by atoms with E-state index in [2.05, 4.69) is 32.2 Å². The lowest BCUT2D eigenvalue weighted by atomic mass is 10.1. The summed E-state index contributed by atoms with van der Waals surface area (Å²) in [6.07, 6.45) is 0. The van der Waals surface area contributed by atoms with Crippen molar-refractivity contribution in [1.82, 2.24) is 4.90 Å². The summed E-state index contributed by atoms with van der Waals surface area (Å²) in [5.41, 5.74) is 2.02. The van der Waals surface area contributed by atoms with Crippen LogP contribution in [-0.4, -0.2) is 29.2 Å². The molecule has 0 heterocycles. The van der Waals surface area contributed by atoms with Gasteiger partial charge in [0.15, 0.2) is 0 Å². The molecule has 1 amide bonds. The number of carbonyl (C=O) groups is 1. The van der Waals surface area contributed by atoms with Gasteiger partial charge in [0.05, 0.1) is 4.32 Å². The van der Waals surface area contributed by atoms with Crippen LogP contribution in [0, 0.1) is 0 Å². The van der Waals surface area contributed by atoms with E-state index < -0.39 is 4.32 Å². The third kappa shape index (κ3) is 4.88. The number of anilines is 1. The molecule has 1 rings (SSSR count). The minimum Gasteiger partial charge on any atom is -0.325 e. The highest BCUT2D eigenvalue weighted by atomic mass is 79.9. The van der Waals surface area contributed by atoms with E-state index >= 15 is 0 Å². The molecular weight excluding hydrogens is 280 g/mol. The minimum absolute atomic E-state index is 0.0421. The summed E-state index contributed by atoms with van der Waals surface area (Å²) in [7, 11) is 4.04. The van der Waals surface area contributed by atoms with Crippen molar-refractivity contribution >= 4 is 27.5 Å². The standard InChI is InChI=1S/C13H19BrN2O/c1-13(2,14)12(17)15-11-7-5-6-10(8-11)9-16(3)4/h5-8H,9H2,1-4H3,(H,15,17). The Labute approximate surface area is 111 Å². The number of hydrogen-bond donors (Lipinski definition) is 1. The number of nitrogens with one attached hydrogen (secondary N) is 1. The molecule has 0 spiro atoms. The molecule has 0 aliphatic heterocycles. The molecule has 0 atom stereocenters. The lowest BCUT2D eigenvalue weighted by molar-refractivity contribution is -0.117. The minimum atomic E-state index is -0.551. The van der Waals surface area contributed by atoms with E-state index in [9.17, 15) is 4.79 Å². The van der Waals surface area contributed by atoms with E-state index in [1.54, 1.807) is 0 Å². The predicted molar refractivity (Wildman–Crippen MR) is 75.5 cm³/mol. The fourth-order valence-electron chi connectivity index (χ4n) is 1.39. The van der Waals surface area contributed by atoms with Crippen LogP contribution in [0.1, 0.15) is 19.4 Å². The number of carbonyl (C=O) groups excluding carboxylic acids is 1. The number of amides is 1. The first kappa shape index (κ1) is 14.2. The van der Waals surface area contributed by atoms with Crippen molar-refractivity contribution in [3.8, 4) is 0 Å². The van der Waals surface area contributed by atoms with Gasteiger partial charge in [-0.25, -0.2) is 0 Å². The molecule has 1 N–H and O–H groups in total. The van der Waals surface area contributed by atoms with Crippen molar-refractivity contribution in [2.75, 3.05) is 19.4 Å². The van der Waals surface area contributed by atoms with E-state index in [0.717, 1.165) is 12.2 Å². The molecule has 0 saturated carbocycles. The molecule has 0 aromatic heterocycles. The molecule has 0 bridgehead atoms. The highest BCUT2D eigenvalue weighted by Crippen LogP contribution is 2.19. The molecular formula is C13H19BrN2O. The Morgan fingerprint density at radius 2 is 2.06 bits per heavy atom. The molecule has 0 fully saturated rings. The van der Waals surface area contributed by atoms with Crippen molar-refractivity contribution in [2.45, 2.75) is 24.7 Å². The molecule has 0 saturated heterocycles. The van der Waals surface area contributed by atoms with Crippen LogP contribution in [0.3, 0.4) is 0 Å². The van der Waals surface area contributed by atoms with Gasteiger partial charge in [0.2, 0.25) is 5.91 Å². The monoisotopic (exact) mass is 298 g/mol. The first-order valence-electron chi connectivity index (χ1n) is 5.53. The Bertz CT molecular complexity index is 397. The fraction of sp³-hybridized carbons (Fsp3) is 0.462. The van der Waals surface area contributed by atoms with Gasteiger partial charge in [-0.1, -0.05) is 28.1 Å². The largest absolute Gasteiger partial charge is 0.325 e. The second-order valence-electron chi connectivity index (χ2n) is 4.86. The molecule has 1 aromatic rings. The van der Waals surface area contributed by atoms with E-state index in [1.807, 2.05) is 46.1 Å². The molecule has 94 valence electrons. The lowest BCUT2D eigenvalue weighted by Crippen LogP contribution is -2.31. The van der Waals surface area contributed by atoms with Gasteiger partial charge in [0.25, 0.3) is 0 Å². The van der Waals surface area contributed by atoms with Crippen molar-refractivity contribution in [2.24, 2.45) is 0 Å². The summed E-state index contributed by atoms with van der Waals surface area (Å²) in [6.45, 7) is 4.51.